The van der Waals surface area contributed by atoms with Crippen molar-refractivity contribution in [3.63, 3.8) is 0 Å². The Morgan fingerprint density at radius 3 is 2.67 bits per heavy atom. The molecule has 8 heteroatoms. The molecule has 0 aliphatic carbocycles. The zero-order valence-electron chi connectivity index (χ0n) is 15.1. The lowest BCUT2D eigenvalue weighted by atomic mass is 10.1. The number of carbonyl (C=O) groups is 1. The van der Waals surface area contributed by atoms with Crippen molar-refractivity contribution in [1.29, 1.82) is 0 Å². The van der Waals surface area contributed by atoms with E-state index in [2.05, 4.69) is 10.3 Å². The number of para-hydroxylation sites is 1. The summed E-state index contributed by atoms with van der Waals surface area (Å²) >= 11 is 0. The topological polar surface area (TPSA) is 100 Å². The number of amides is 1. The largest absolute Gasteiger partial charge is 0.444 e. The molecule has 2 N–H and O–H groups in total. The maximum absolute atomic E-state index is 13.1. The van der Waals surface area contributed by atoms with Gasteiger partial charge in [0.2, 0.25) is 5.71 Å². The van der Waals surface area contributed by atoms with E-state index in [0.29, 0.717) is 31.1 Å². The Balaban J connectivity index is 1.92. The van der Waals surface area contributed by atoms with E-state index in [1.165, 1.54) is 0 Å². The highest BCUT2D eigenvalue weighted by molar-refractivity contribution is 6.06. The standard InChI is InChI=1S/C19H20N4O4/c1-11-10-22(9-8-20-11)17(24)14-12(2)27-16-15(14)18(25)23(19(26)21-16)13-6-4-3-5-7-13/h3-7,11,20H,8-10H2,1-2H3,(H,21,26)/t11-/m1/s1. The van der Waals surface area contributed by atoms with Crippen LogP contribution in [0.4, 0.5) is 0 Å². The maximum atomic E-state index is 13.1. The van der Waals surface area contributed by atoms with Crippen LogP contribution in [0, 0.1) is 6.92 Å². The highest BCUT2D eigenvalue weighted by Crippen LogP contribution is 2.23. The molecule has 140 valence electrons. The van der Waals surface area contributed by atoms with Crippen LogP contribution in [0.1, 0.15) is 23.0 Å². The van der Waals surface area contributed by atoms with Crippen molar-refractivity contribution in [1.82, 2.24) is 19.8 Å². The number of furan rings is 1. The van der Waals surface area contributed by atoms with E-state index in [9.17, 15) is 14.4 Å². The molecule has 0 saturated carbocycles. The third-order valence-electron chi connectivity index (χ3n) is 4.81. The number of hydrogen-bond donors (Lipinski definition) is 2. The molecule has 0 bridgehead atoms. The normalized spacial score (nSPS) is 17.4. The minimum absolute atomic E-state index is 0.0289. The number of H-pyrrole nitrogens is 1. The summed E-state index contributed by atoms with van der Waals surface area (Å²) < 4.78 is 6.58. The smallest absolute Gasteiger partial charge is 0.335 e. The van der Waals surface area contributed by atoms with Crippen LogP contribution < -0.4 is 16.6 Å². The fraction of sp³-hybridized carbons (Fsp3) is 0.316. The van der Waals surface area contributed by atoms with E-state index >= 15 is 0 Å². The summed E-state index contributed by atoms with van der Waals surface area (Å²) in [7, 11) is 0. The van der Waals surface area contributed by atoms with Gasteiger partial charge in [0.15, 0.2) is 0 Å². The predicted molar refractivity (Wildman–Crippen MR) is 101 cm³/mol. The third kappa shape index (κ3) is 2.87. The molecular weight excluding hydrogens is 348 g/mol. The Morgan fingerprint density at radius 2 is 1.96 bits per heavy atom. The van der Waals surface area contributed by atoms with E-state index in [1.807, 2.05) is 6.92 Å². The zero-order valence-corrected chi connectivity index (χ0v) is 15.1. The number of nitrogens with zero attached hydrogens (tertiary/aromatic N) is 2. The van der Waals surface area contributed by atoms with Gasteiger partial charge in [0.1, 0.15) is 11.1 Å². The van der Waals surface area contributed by atoms with Crippen molar-refractivity contribution < 1.29 is 9.21 Å². The molecule has 8 nitrogen and oxygen atoms in total. The number of aromatic amines is 1. The first kappa shape index (κ1) is 17.3. The van der Waals surface area contributed by atoms with Crippen LogP contribution in [0.5, 0.6) is 0 Å². The molecule has 1 aliphatic rings. The summed E-state index contributed by atoms with van der Waals surface area (Å²) in [5.41, 5.74) is -0.504. The number of aryl methyl sites for hydroxylation is 1. The summed E-state index contributed by atoms with van der Waals surface area (Å²) in [6, 6.07) is 8.76. The lowest BCUT2D eigenvalue weighted by Crippen LogP contribution is -2.51. The van der Waals surface area contributed by atoms with Crippen LogP contribution in [-0.2, 0) is 0 Å². The summed E-state index contributed by atoms with van der Waals surface area (Å²) in [5, 5.41) is 3.39. The van der Waals surface area contributed by atoms with E-state index in [-0.39, 0.29) is 28.6 Å². The first-order valence-corrected chi connectivity index (χ1v) is 8.84. The minimum Gasteiger partial charge on any atom is -0.444 e. The second-order valence-electron chi connectivity index (χ2n) is 6.75. The molecule has 0 spiro atoms. The van der Waals surface area contributed by atoms with Gasteiger partial charge in [-0.3, -0.25) is 14.6 Å². The fourth-order valence-electron chi connectivity index (χ4n) is 3.54. The number of nitrogens with one attached hydrogen (secondary N) is 2. The van der Waals surface area contributed by atoms with Gasteiger partial charge in [-0.15, -0.1) is 0 Å². The van der Waals surface area contributed by atoms with Gasteiger partial charge in [-0.2, -0.15) is 0 Å². The summed E-state index contributed by atoms with van der Waals surface area (Å²) in [6.07, 6.45) is 0. The molecule has 2 aromatic heterocycles. The first-order chi connectivity index (χ1) is 13.0. The lowest BCUT2D eigenvalue weighted by molar-refractivity contribution is 0.0709. The molecule has 1 atom stereocenters. The average molecular weight is 368 g/mol. The van der Waals surface area contributed by atoms with Gasteiger partial charge in [0, 0.05) is 25.7 Å². The van der Waals surface area contributed by atoms with Crippen molar-refractivity contribution in [3.8, 4) is 5.69 Å². The minimum atomic E-state index is -0.609. The second kappa shape index (κ2) is 6.55. The molecule has 1 aromatic carbocycles. The van der Waals surface area contributed by atoms with Crippen LogP contribution in [0.15, 0.2) is 44.3 Å². The van der Waals surface area contributed by atoms with Gasteiger partial charge >= 0.3 is 5.69 Å². The van der Waals surface area contributed by atoms with Crippen LogP contribution >= 0.6 is 0 Å². The van der Waals surface area contributed by atoms with Crippen LogP contribution in [0.25, 0.3) is 16.8 Å². The number of aromatic nitrogens is 2. The molecule has 4 rings (SSSR count). The average Bonchev–Trinajstić information content (AvgIpc) is 2.98. The molecule has 27 heavy (non-hydrogen) atoms. The summed E-state index contributed by atoms with van der Waals surface area (Å²) in [4.78, 5) is 43.0. The van der Waals surface area contributed by atoms with Gasteiger partial charge in [-0.05, 0) is 26.0 Å². The summed E-state index contributed by atoms with van der Waals surface area (Å²) in [6.45, 7) is 5.41. The van der Waals surface area contributed by atoms with Gasteiger partial charge < -0.3 is 14.6 Å². The molecule has 3 aromatic rings. The van der Waals surface area contributed by atoms with Crippen molar-refractivity contribution >= 4 is 17.0 Å². The Morgan fingerprint density at radius 1 is 1.22 bits per heavy atom. The number of carbonyl (C=O) groups excluding carboxylic acids is 1. The number of fused-ring (bicyclic) bond motifs is 1. The molecule has 0 radical (unpaired) electrons. The first-order valence-electron chi connectivity index (χ1n) is 8.84. The Hall–Kier alpha value is -3.13. The van der Waals surface area contributed by atoms with E-state index in [0.717, 1.165) is 4.57 Å². The molecule has 3 heterocycles. The highest BCUT2D eigenvalue weighted by atomic mass is 16.3. The Labute approximate surface area is 154 Å². The molecular formula is C19H20N4O4. The Kier molecular flexibility index (Phi) is 4.19. The second-order valence-corrected chi connectivity index (χ2v) is 6.75. The highest BCUT2D eigenvalue weighted by Gasteiger charge is 2.29. The molecule has 1 aliphatic heterocycles. The van der Waals surface area contributed by atoms with Gasteiger partial charge in [0.05, 0.1) is 11.3 Å². The number of benzene rings is 1. The van der Waals surface area contributed by atoms with Crippen molar-refractivity contribution in [2.24, 2.45) is 0 Å². The zero-order chi connectivity index (χ0) is 19.1. The number of rotatable bonds is 2. The Bertz CT molecular complexity index is 1130. The van der Waals surface area contributed by atoms with Gasteiger partial charge in [-0.25, -0.2) is 9.36 Å². The summed E-state index contributed by atoms with van der Waals surface area (Å²) in [5.74, 6) is 0.0584. The SMILES string of the molecule is Cc1oc2[nH]c(=O)n(-c3ccccc3)c(=O)c2c1C(=O)N1CCN[C@H](C)C1. The van der Waals surface area contributed by atoms with Crippen LogP contribution in [0.3, 0.4) is 0 Å². The monoisotopic (exact) mass is 368 g/mol. The van der Waals surface area contributed by atoms with Crippen molar-refractivity contribution in [3.05, 3.63) is 62.5 Å². The fourth-order valence-corrected chi connectivity index (χ4v) is 3.54. The van der Waals surface area contributed by atoms with Crippen molar-refractivity contribution in [2.75, 3.05) is 19.6 Å². The lowest BCUT2D eigenvalue weighted by Gasteiger charge is -2.31. The number of piperazine rings is 1. The van der Waals surface area contributed by atoms with Crippen LogP contribution in [0.2, 0.25) is 0 Å². The molecule has 1 saturated heterocycles. The van der Waals surface area contributed by atoms with Crippen LogP contribution in [-0.4, -0.2) is 46.0 Å². The molecule has 1 fully saturated rings. The molecule has 1 amide bonds. The maximum Gasteiger partial charge on any atom is 0.335 e. The van der Waals surface area contributed by atoms with E-state index < -0.39 is 11.2 Å². The predicted octanol–water partition coefficient (Wildman–Crippen LogP) is 1.01. The van der Waals surface area contributed by atoms with Gasteiger partial charge in [0.25, 0.3) is 11.5 Å². The number of hydrogen-bond acceptors (Lipinski definition) is 5. The van der Waals surface area contributed by atoms with E-state index in [1.54, 1.807) is 42.2 Å². The van der Waals surface area contributed by atoms with Gasteiger partial charge in [-0.1, -0.05) is 18.2 Å². The van der Waals surface area contributed by atoms with E-state index in [4.69, 9.17) is 4.42 Å². The molecule has 0 unspecified atom stereocenters. The third-order valence-corrected chi connectivity index (χ3v) is 4.81. The quantitative estimate of drug-likeness (QED) is 0.703. The van der Waals surface area contributed by atoms with Crippen molar-refractivity contribution in [2.45, 2.75) is 19.9 Å².